The van der Waals surface area contributed by atoms with Crippen LogP contribution in [0.4, 0.5) is 4.53 Å². The van der Waals surface area contributed by atoms with Gasteiger partial charge in [0, 0.05) is 4.53 Å². The van der Waals surface area contributed by atoms with E-state index in [1.807, 2.05) is 0 Å². The predicted molar refractivity (Wildman–Crippen MR) is 44.7 cm³/mol. The third kappa shape index (κ3) is 2.07. The van der Waals surface area contributed by atoms with Gasteiger partial charge in [-0.05, 0) is 30.7 Å². The number of rotatable bonds is 2. The Morgan fingerprint density at radius 3 is 2.36 bits per heavy atom. The number of hydrogen-bond donors (Lipinski definition) is 1. The fourth-order valence-corrected chi connectivity index (χ4v) is 1.07. The van der Waals surface area contributed by atoms with Gasteiger partial charge in [-0.1, -0.05) is 0 Å². The van der Waals surface area contributed by atoms with Gasteiger partial charge in [0.05, 0.1) is 11.1 Å². The van der Waals surface area contributed by atoms with Crippen molar-refractivity contribution in [1.29, 1.82) is 0 Å². The van der Waals surface area contributed by atoms with E-state index in [2.05, 4.69) is 4.94 Å². The number of benzene rings is 1. The zero-order valence-electron chi connectivity index (χ0n) is 7.28. The molecule has 0 amide bonds. The number of carboxylic acids is 1. The molecule has 0 saturated heterocycles. The first-order valence-electron chi connectivity index (χ1n) is 3.72. The SMILES string of the molecule is Cc1cc(C(=O)O)cc(C(=O)OF)c1. The minimum Gasteiger partial charge on any atom is -0.478 e. The molecule has 14 heavy (non-hydrogen) atoms. The predicted octanol–water partition coefficient (Wildman–Crippen LogP) is 1.73. The molecule has 1 aromatic rings. The minimum atomic E-state index is -1.20. The van der Waals surface area contributed by atoms with Crippen molar-refractivity contribution in [2.24, 2.45) is 0 Å². The second kappa shape index (κ2) is 3.87. The number of carboxylic acid groups (broad SMARTS) is 1. The Balaban J connectivity index is 3.20. The van der Waals surface area contributed by atoms with Crippen molar-refractivity contribution in [2.45, 2.75) is 6.92 Å². The van der Waals surface area contributed by atoms with Crippen LogP contribution in [0.3, 0.4) is 0 Å². The molecular weight excluding hydrogens is 191 g/mol. The fraction of sp³-hybridized carbons (Fsp3) is 0.111. The third-order valence-electron chi connectivity index (χ3n) is 1.63. The second-order valence-corrected chi connectivity index (χ2v) is 2.76. The molecule has 4 nitrogen and oxygen atoms in total. The summed E-state index contributed by atoms with van der Waals surface area (Å²) in [6.45, 7) is 1.60. The van der Waals surface area contributed by atoms with Crippen molar-refractivity contribution >= 4 is 11.9 Å². The monoisotopic (exact) mass is 198 g/mol. The smallest absolute Gasteiger partial charge is 0.379 e. The lowest BCUT2D eigenvalue weighted by molar-refractivity contribution is -0.0788. The van der Waals surface area contributed by atoms with Crippen LogP contribution < -0.4 is 0 Å². The molecule has 0 radical (unpaired) electrons. The molecule has 0 aliphatic rings. The van der Waals surface area contributed by atoms with Gasteiger partial charge in [0.1, 0.15) is 0 Å². The van der Waals surface area contributed by atoms with Gasteiger partial charge in [-0.15, -0.1) is 0 Å². The van der Waals surface area contributed by atoms with E-state index in [9.17, 15) is 14.1 Å². The van der Waals surface area contributed by atoms with Gasteiger partial charge >= 0.3 is 11.9 Å². The zero-order valence-corrected chi connectivity index (χ0v) is 7.28. The molecule has 0 aliphatic carbocycles. The maximum atomic E-state index is 11.5. The van der Waals surface area contributed by atoms with Crippen LogP contribution in [-0.4, -0.2) is 17.0 Å². The molecule has 0 aliphatic heterocycles. The Hall–Kier alpha value is -1.91. The molecule has 0 saturated carbocycles. The number of carbonyl (C=O) groups is 2. The molecule has 1 N–H and O–H groups in total. The third-order valence-corrected chi connectivity index (χ3v) is 1.63. The fourth-order valence-electron chi connectivity index (χ4n) is 1.07. The average molecular weight is 198 g/mol. The van der Waals surface area contributed by atoms with Crippen LogP contribution in [0.2, 0.25) is 0 Å². The van der Waals surface area contributed by atoms with E-state index in [0.717, 1.165) is 6.07 Å². The normalized spacial score (nSPS) is 9.57. The second-order valence-electron chi connectivity index (χ2n) is 2.76. The molecule has 5 heteroatoms. The quantitative estimate of drug-likeness (QED) is 0.785. The summed E-state index contributed by atoms with van der Waals surface area (Å²) < 4.78 is 11.5. The Bertz CT molecular complexity index is 386. The maximum absolute atomic E-state index is 11.5. The van der Waals surface area contributed by atoms with Gasteiger partial charge in [0.15, 0.2) is 0 Å². The largest absolute Gasteiger partial charge is 0.478 e. The van der Waals surface area contributed by atoms with E-state index in [4.69, 9.17) is 5.11 Å². The summed E-state index contributed by atoms with van der Waals surface area (Å²) in [5.41, 5.74) is 0.348. The molecule has 0 atom stereocenters. The molecule has 1 rings (SSSR count). The summed E-state index contributed by atoms with van der Waals surface area (Å²) >= 11 is 0. The molecule has 0 fully saturated rings. The van der Waals surface area contributed by atoms with Crippen LogP contribution >= 0.6 is 0 Å². The lowest BCUT2D eigenvalue weighted by Gasteiger charge is -2.00. The lowest BCUT2D eigenvalue weighted by Crippen LogP contribution is -2.04. The van der Waals surface area contributed by atoms with Crippen molar-refractivity contribution in [1.82, 2.24) is 0 Å². The van der Waals surface area contributed by atoms with Gasteiger partial charge in [0.2, 0.25) is 0 Å². The summed E-state index contributed by atoms with van der Waals surface area (Å²) in [6, 6.07) is 3.77. The van der Waals surface area contributed by atoms with Gasteiger partial charge in [-0.2, -0.15) is 0 Å². The highest BCUT2D eigenvalue weighted by atomic mass is 19.3. The molecule has 0 bridgehead atoms. The first-order valence-corrected chi connectivity index (χ1v) is 3.72. The standard InChI is InChI=1S/C9H7FO4/c1-5-2-6(8(11)12)4-7(3-5)9(13)14-10/h2-4H,1H3,(H,11,12). The molecule has 0 aromatic heterocycles. The molecule has 0 unspecified atom stereocenters. The number of carbonyl (C=O) groups excluding carboxylic acids is 1. The van der Waals surface area contributed by atoms with Crippen LogP contribution in [0, 0.1) is 6.92 Å². The van der Waals surface area contributed by atoms with Crippen LogP contribution in [0.15, 0.2) is 18.2 Å². The maximum Gasteiger partial charge on any atom is 0.379 e. The lowest BCUT2D eigenvalue weighted by atomic mass is 10.1. The number of aromatic carboxylic acids is 1. The van der Waals surface area contributed by atoms with Crippen LogP contribution in [0.1, 0.15) is 26.3 Å². The minimum absolute atomic E-state index is 0.0783. The molecule has 0 spiro atoms. The van der Waals surface area contributed by atoms with Gasteiger partial charge in [-0.25, -0.2) is 14.5 Å². The number of hydrogen-bond acceptors (Lipinski definition) is 3. The van der Waals surface area contributed by atoms with Crippen LogP contribution in [-0.2, 0) is 4.94 Å². The average Bonchev–Trinajstić information content (AvgIpc) is 2.15. The van der Waals surface area contributed by atoms with E-state index in [1.54, 1.807) is 6.92 Å². The topological polar surface area (TPSA) is 63.6 Å². The Morgan fingerprint density at radius 2 is 1.86 bits per heavy atom. The van der Waals surface area contributed by atoms with E-state index >= 15 is 0 Å². The number of aryl methyl sites for hydroxylation is 1. The zero-order chi connectivity index (χ0) is 10.7. The van der Waals surface area contributed by atoms with E-state index < -0.39 is 11.9 Å². The summed E-state index contributed by atoms with van der Waals surface area (Å²) in [6.07, 6.45) is 0. The van der Waals surface area contributed by atoms with Crippen molar-refractivity contribution in [3.8, 4) is 0 Å². The summed E-state index contributed by atoms with van der Waals surface area (Å²) in [7, 11) is 0. The summed E-state index contributed by atoms with van der Waals surface area (Å²) in [5, 5.41) is 8.64. The summed E-state index contributed by atoms with van der Waals surface area (Å²) in [4.78, 5) is 24.3. The Morgan fingerprint density at radius 1 is 1.29 bits per heavy atom. The first kappa shape index (κ1) is 10.2. The highest BCUT2D eigenvalue weighted by Gasteiger charge is 2.12. The van der Waals surface area contributed by atoms with Gasteiger partial charge in [-0.3, -0.25) is 0 Å². The van der Waals surface area contributed by atoms with Crippen molar-refractivity contribution < 1.29 is 24.2 Å². The molecule has 0 heterocycles. The first-order chi connectivity index (χ1) is 6.54. The van der Waals surface area contributed by atoms with Gasteiger partial charge in [0.25, 0.3) is 0 Å². The van der Waals surface area contributed by atoms with E-state index in [-0.39, 0.29) is 11.1 Å². The summed E-state index contributed by atoms with van der Waals surface area (Å²) in [5.74, 6) is -2.38. The van der Waals surface area contributed by atoms with Crippen LogP contribution in [0.25, 0.3) is 0 Å². The van der Waals surface area contributed by atoms with E-state index in [1.165, 1.54) is 12.1 Å². The molecule has 1 aromatic carbocycles. The van der Waals surface area contributed by atoms with Gasteiger partial charge < -0.3 is 5.11 Å². The molecular formula is C9H7FO4. The van der Waals surface area contributed by atoms with Crippen LogP contribution in [0.5, 0.6) is 0 Å². The highest BCUT2D eigenvalue weighted by Crippen LogP contribution is 2.11. The van der Waals surface area contributed by atoms with Crippen molar-refractivity contribution in [3.05, 3.63) is 34.9 Å². The van der Waals surface area contributed by atoms with Crippen molar-refractivity contribution in [3.63, 3.8) is 0 Å². The highest BCUT2D eigenvalue weighted by molar-refractivity contribution is 5.94. The Kier molecular flexibility index (Phi) is 2.81. The van der Waals surface area contributed by atoms with Crippen molar-refractivity contribution in [2.75, 3.05) is 0 Å². The van der Waals surface area contributed by atoms with E-state index in [0.29, 0.717) is 5.56 Å². The number of halogens is 1. The molecule has 74 valence electrons. The Labute approximate surface area is 78.8 Å².